The van der Waals surface area contributed by atoms with Crippen LogP contribution in [-0.2, 0) is 14.8 Å². The second-order valence-electron chi connectivity index (χ2n) is 6.33. The molecule has 9 nitrogen and oxygen atoms in total. The Morgan fingerprint density at radius 2 is 2.00 bits per heavy atom. The third-order valence-electron chi connectivity index (χ3n) is 4.30. The monoisotopic (exact) mass is 406 g/mol. The second-order valence-corrected chi connectivity index (χ2v) is 8.27. The molecule has 1 aromatic heterocycles. The number of methoxy groups -OCH3 is 1. The number of anilines is 1. The van der Waals surface area contributed by atoms with Crippen molar-refractivity contribution in [3.05, 3.63) is 42.4 Å². The summed E-state index contributed by atoms with van der Waals surface area (Å²) < 4.78 is 37.7. The molecule has 2 heterocycles. The number of carbonyl (C=O) groups is 1. The van der Waals surface area contributed by atoms with E-state index in [9.17, 15) is 13.2 Å². The fraction of sp³-hybridized carbons (Fsp3) is 0.389. The van der Waals surface area contributed by atoms with Crippen LogP contribution in [0.5, 0.6) is 5.88 Å². The molecule has 0 bridgehead atoms. The van der Waals surface area contributed by atoms with E-state index in [0.29, 0.717) is 30.4 Å². The van der Waals surface area contributed by atoms with Crippen molar-refractivity contribution in [2.75, 3.05) is 25.5 Å². The molecule has 28 heavy (non-hydrogen) atoms. The number of benzene rings is 1. The number of nitrogens with zero attached hydrogens (tertiary/aromatic N) is 3. The number of amides is 1. The van der Waals surface area contributed by atoms with Gasteiger partial charge in [0.1, 0.15) is 11.9 Å². The summed E-state index contributed by atoms with van der Waals surface area (Å²) >= 11 is 0. The van der Waals surface area contributed by atoms with Gasteiger partial charge in [0.25, 0.3) is 0 Å². The molecule has 2 aromatic rings. The molecule has 0 radical (unpaired) electrons. The maximum atomic E-state index is 13.0. The molecular weight excluding hydrogens is 384 g/mol. The summed E-state index contributed by atoms with van der Waals surface area (Å²) in [6, 6.07) is 7.61. The highest BCUT2D eigenvalue weighted by Gasteiger charge is 2.31. The number of aromatic nitrogens is 2. The third-order valence-corrected chi connectivity index (χ3v) is 6.18. The third kappa shape index (κ3) is 4.76. The van der Waals surface area contributed by atoms with Gasteiger partial charge < -0.3 is 9.47 Å². The largest absolute Gasteiger partial charge is 0.473 e. The van der Waals surface area contributed by atoms with E-state index in [2.05, 4.69) is 20.0 Å². The molecule has 0 spiro atoms. The van der Waals surface area contributed by atoms with Crippen LogP contribution in [0.2, 0.25) is 0 Å². The first-order chi connectivity index (χ1) is 13.4. The van der Waals surface area contributed by atoms with Gasteiger partial charge in [-0.2, -0.15) is 9.29 Å². The predicted octanol–water partition coefficient (Wildman–Crippen LogP) is 2.20. The van der Waals surface area contributed by atoms with Gasteiger partial charge in [-0.1, -0.05) is 0 Å². The van der Waals surface area contributed by atoms with Crippen molar-refractivity contribution < 1.29 is 22.7 Å². The Bertz CT molecular complexity index is 933. The lowest BCUT2D eigenvalue weighted by Gasteiger charge is -2.31. The summed E-state index contributed by atoms with van der Waals surface area (Å²) in [5.74, 6) is 1.04. The van der Waals surface area contributed by atoms with Gasteiger partial charge in [-0.25, -0.2) is 18.2 Å². The van der Waals surface area contributed by atoms with Gasteiger partial charge >= 0.3 is 6.09 Å². The smallest absolute Gasteiger partial charge is 0.411 e. The Morgan fingerprint density at radius 3 is 2.68 bits per heavy atom. The molecule has 3 rings (SSSR count). The summed E-state index contributed by atoms with van der Waals surface area (Å²) in [6.45, 7) is 2.43. The van der Waals surface area contributed by atoms with Crippen LogP contribution >= 0.6 is 0 Å². The van der Waals surface area contributed by atoms with E-state index in [-0.39, 0.29) is 17.5 Å². The summed E-state index contributed by atoms with van der Waals surface area (Å²) in [5, 5.41) is 2.49. The van der Waals surface area contributed by atoms with Crippen molar-refractivity contribution in [3.63, 3.8) is 0 Å². The van der Waals surface area contributed by atoms with E-state index >= 15 is 0 Å². The van der Waals surface area contributed by atoms with Crippen LogP contribution in [0.25, 0.3) is 0 Å². The van der Waals surface area contributed by atoms with Crippen LogP contribution in [0.4, 0.5) is 10.5 Å². The van der Waals surface area contributed by atoms with Crippen LogP contribution in [0.3, 0.4) is 0 Å². The Hall–Kier alpha value is -2.72. The number of hydrogen-bond acceptors (Lipinski definition) is 7. The molecule has 0 aliphatic carbocycles. The van der Waals surface area contributed by atoms with Crippen LogP contribution < -0.4 is 10.1 Å². The fourth-order valence-corrected chi connectivity index (χ4v) is 4.43. The molecule has 1 fully saturated rings. The molecule has 0 saturated carbocycles. The lowest BCUT2D eigenvalue weighted by atomic mass is 10.1. The molecular formula is C18H22N4O5S. The van der Waals surface area contributed by atoms with Crippen molar-refractivity contribution in [1.29, 1.82) is 0 Å². The fourth-order valence-electron chi connectivity index (χ4n) is 2.92. The number of ether oxygens (including phenoxy) is 2. The van der Waals surface area contributed by atoms with E-state index in [4.69, 9.17) is 4.74 Å². The Balaban J connectivity index is 1.69. The average molecular weight is 406 g/mol. The Kier molecular flexibility index (Phi) is 6.10. The van der Waals surface area contributed by atoms with E-state index < -0.39 is 16.1 Å². The molecule has 1 saturated heterocycles. The molecule has 1 N–H and O–H groups in total. The zero-order chi connectivity index (χ0) is 20.1. The lowest BCUT2D eigenvalue weighted by molar-refractivity contribution is 0.124. The van der Waals surface area contributed by atoms with Crippen LogP contribution in [0.15, 0.2) is 41.4 Å². The first-order valence-electron chi connectivity index (χ1n) is 8.80. The Labute approximate surface area is 163 Å². The minimum Gasteiger partial charge on any atom is -0.473 e. The first kappa shape index (κ1) is 20.0. The van der Waals surface area contributed by atoms with Crippen molar-refractivity contribution in [2.24, 2.45) is 0 Å². The van der Waals surface area contributed by atoms with Crippen LogP contribution in [0.1, 0.15) is 18.7 Å². The van der Waals surface area contributed by atoms with Crippen molar-refractivity contribution in [1.82, 2.24) is 14.3 Å². The maximum Gasteiger partial charge on any atom is 0.411 e. The van der Waals surface area contributed by atoms with Crippen LogP contribution in [0, 0.1) is 6.92 Å². The van der Waals surface area contributed by atoms with Gasteiger partial charge in [-0.3, -0.25) is 5.32 Å². The normalized spacial score (nSPS) is 17.7. The van der Waals surface area contributed by atoms with Crippen molar-refractivity contribution in [3.8, 4) is 5.88 Å². The summed E-state index contributed by atoms with van der Waals surface area (Å²) in [5.41, 5.74) is 0.449. The summed E-state index contributed by atoms with van der Waals surface area (Å²) in [7, 11) is -2.41. The first-order valence-corrected chi connectivity index (χ1v) is 10.2. The molecule has 150 valence electrons. The van der Waals surface area contributed by atoms with Gasteiger partial charge in [0.15, 0.2) is 0 Å². The lowest BCUT2D eigenvalue weighted by Crippen LogP contribution is -2.44. The standard InChI is InChI=1S/C18H22N4O5S/c1-13-19-10-9-17(20-13)27-15-4-3-11-22(12-15)28(24,25)16-7-5-14(6-8-16)21-18(23)26-2/h5-10,15H,3-4,11-12H2,1-2H3,(H,21,23). The minimum atomic E-state index is -3.67. The van der Waals surface area contributed by atoms with Crippen LogP contribution in [-0.4, -0.2) is 55.1 Å². The van der Waals surface area contributed by atoms with Gasteiger partial charge in [0.05, 0.1) is 18.6 Å². The molecule has 1 amide bonds. The van der Waals surface area contributed by atoms with Gasteiger partial charge in [-0.05, 0) is 44.0 Å². The number of nitrogens with one attached hydrogen (secondary N) is 1. The number of carbonyl (C=O) groups excluding carboxylic acids is 1. The number of aryl methyl sites for hydroxylation is 1. The SMILES string of the molecule is COC(=O)Nc1ccc(S(=O)(=O)N2CCCC(Oc3ccnc(C)n3)C2)cc1. The predicted molar refractivity (Wildman–Crippen MR) is 102 cm³/mol. The molecule has 1 aromatic carbocycles. The Morgan fingerprint density at radius 1 is 1.25 bits per heavy atom. The van der Waals surface area contributed by atoms with Gasteiger partial charge in [0, 0.05) is 24.5 Å². The highest BCUT2D eigenvalue weighted by Crippen LogP contribution is 2.24. The zero-order valence-electron chi connectivity index (χ0n) is 15.7. The number of rotatable bonds is 5. The summed E-state index contributed by atoms with van der Waals surface area (Å²) in [4.78, 5) is 19.6. The molecule has 1 unspecified atom stereocenters. The maximum absolute atomic E-state index is 13.0. The molecule has 1 atom stereocenters. The molecule has 10 heteroatoms. The quantitative estimate of drug-likeness (QED) is 0.810. The van der Waals surface area contributed by atoms with E-state index in [1.54, 1.807) is 19.2 Å². The number of sulfonamides is 1. The zero-order valence-corrected chi connectivity index (χ0v) is 16.5. The number of hydrogen-bond donors (Lipinski definition) is 1. The average Bonchev–Trinajstić information content (AvgIpc) is 2.68. The van der Waals surface area contributed by atoms with Gasteiger partial charge in [0.2, 0.25) is 15.9 Å². The molecule has 1 aliphatic heterocycles. The second kappa shape index (κ2) is 8.53. The van der Waals surface area contributed by atoms with Crippen molar-refractivity contribution >= 4 is 21.8 Å². The van der Waals surface area contributed by atoms with E-state index in [1.807, 2.05) is 0 Å². The summed E-state index contributed by atoms with van der Waals surface area (Å²) in [6.07, 6.45) is 2.15. The van der Waals surface area contributed by atoms with E-state index in [1.165, 1.54) is 35.7 Å². The minimum absolute atomic E-state index is 0.154. The van der Waals surface area contributed by atoms with Gasteiger partial charge in [-0.15, -0.1) is 0 Å². The van der Waals surface area contributed by atoms with Crippen molar-refractivity contribution in [2.45, 2.75) is 30.8 Å². The highest BCUT2D eigenvalue weighted by molar-refractivity contribution is 7.89. The highest BCUT2D eigenvalue weighted by atomic mass is 32.2. The van der Waals surface area contributed by atoms with E-state index in [0.717, 1.165) is 6.42 Å². The topological polar surface area (TPSA) is 111 Å². The molecule has 1 aliphatic rings. The number of piperidine rings is 1.